The highest BCUT2D eigenvalue weighted by Gasteiger charge is 2.30. The van der Waals surface area contributed by atoms with Crippen molar-refractivity contribution >= 4 is 17.8 Å². The number of carbonyl (C=O) groups excluding carboxylic acids is 3. The molecule has 1 saturated heterocycles. The predicted octanol–water partition coefficient (Wildman–Crippen LogP) is -0.941. The SMILES string of the molecule is COC(=O)C(O)CN1C(=O)CCCC1=O. The maximum atomic E-state index is 11.3. The number of piperidine rings is 1. The second-order valence-corrected chi connectivity index (χ2v) is 3.29. The third-order valence-corrected chi connectivity index (χ3v) is 2.21. The average Bonchev–Trinajstić information content (AvgIpc) is 2.22. The van der Waals surface area contributed by atoms with Crippen LogP contribution < -0.4 is 0 Å². The molecule has 1 N–H and O–H groups in total. The van der Waals surface area contributed by atoms with Gasteiger partial charge in [-0.2, -0.15) is 0 Å². The van der Waals surface area contributed by atoms with Crippen molar-refractivity contribution < 1.29 is 24.2 Å². The van der Waals surface area contributed by atoms with Gasteiger partial charge in [0, 0.05) is 12.8 Å². The van der Waals surface area contributed by atoms with Crippen molar-refractivity contribution in [1.29, 1.82) is 0 Å². The lowest BCUT2D eigenvalue weighted by atomic mass is 10.1. The fraction of sp³-hybridized carbons (Fsp3) is 0.667. The first-order valence-electron chi connectivity index (χ1n) is 4.65. The first-order chi connectivity index (χ1) is 7.06. The van der Waals surface area contributed by atoms with E-state index in [9.17, 15) is 19.5 Å². The zero-order chi connectivity index (χ0) is 11.4. The Morgan fingerprint density at radius 1 is 1.47 bits per heavy atom. The number of hydrogen-bond acceptors (Lipinski definition) is 5. The Hall–Kier alpha value is -1.43. The van der Waals surface area contributed by atoms with E-state index in [2.05, 4.69) is 4.74 Å². The second-order valence-electron chi connectivity index (χ2n) is 3.29. The minimum atomic E-state index is -1.46. The first-order valence-corrected chi connectivity index (χ1v) is 4.65. The smallest absolute Gasteiger partial charge is 0.336 e. The first kappa shape index (κ1) is 11.6. The molecule has 1 fully saturated rings. The molecule has 0 aromatic heterocycles. The second kappa shape index (κ2) is 4.88. The van der Waals surface area contributed by atoms with Crippen molar-refractivity contribution in [3.8, 4) is 0 Å². The highest BCUT2D eigenvalue weighted by atomic mass is 16.5. The Labute approximate surface area is 86.8 Å². The van der Waals surface area contributed by atoms with Crippen LogP contribution in [0.2, 0.25) is 0 Å². The molecule has 1 rings (SSSR count). The maximum Gasteiger partial charge on any atom is 0.336 e. The number of aliphatic hydroxyl groups is 1. The summed E-state index contributed by atoms with van der Waals surface area (Å²) < 4.78 is 4.29. The Morgan fingerprint density at radius 2 is 2.00 bits per heavy atom. The molecule has 2 amide bonds. The molecule has 0 aromatic rings. The van der Waals surface area contributed by atoms with Gasteiger partial charge in [0.25, 0.3) is 0 Å². The number of likely N-dealkylation sites (tertiary alicyclic amines) is 1. The topological polar surface area (TPSA) is 83.9 Å². The number of carbonyl (C=O) groups is 3. The quantitative estimate of drug-likeness (QED) is 0.485. The van der Waals surface area contributed by atoms with E-state index < -0.39 is 12.1 Å². The number of ether oxygens (including phenoxy) is 1. The highest BCUT2D eigenvalue weighted by Crippen LogP contribution is 2.12. The van der Waals surface area contributed by atoms with Crippen molar-refractivity contribution in [1.82, 2.24) is 4.90 Å². The maximum absolute atomic E-state index is 11.3. The molecule has 0 spiro atoms. The number of β-amino-alcohol motifs (C(OH)–C–C–N with tert-alkyl or cyclic N) is 1. The summed E-state index contributed by atoms with van der Waals surface area (Å²) in [5.41, 5.74) is 0. The Bertz CT molecular complexity index is 272. The standard InChI is InChI=1S/C9H13NO5/c1-15-9(14)6(11)5-10-7(12)3-2-4-8(10)13/h6,11H,2-5H2,1H3. The van der Waals surface area contributed by atoms with Crippen LogP contribution in [-0.4, -0.2) is 47.5 Å². The van der Waals surface area contributed by atoms with Crippen molar-refractivity contribution in [3.63, 3.8) is 0 Å². The van der Waals surface area contributed by atoms with Crippen molar-refractivity contribution in [3.05, 3.63) is 0 Å². The monoisotopic (exact) mass is 215 g/mol. The van der Waals surface area contributed by atoms with E-state index in [4.69, 9.17) is 0 Å². The van der Waals surface area contributed by atoms with Crippen LogP contribution in [0, 0.1) is 0 Å². The number of hydrogen-bond donors (Lipinski definition) is 1. The van der Waals surface area contributed by atoms with Crippen LogP contribution in [0.1, 0.15) is 19.3 Å². The fourth-order valence-corrected chi connectivity index (χ4v) is 1.39. The molecular weight excluding hydrogens is 202 g/mol. The molecule has 0 aliphatic carbocycles. The van der Waals surface area contributed by atoms with E-state index in [1.54, 1.807) is 0 Å². The molecule has 0 bridgehead atoms. The molecule has 6 heteroatoms. The minimum absolute atomic E-state index is 0.277. The number of esters is 1. The molecule has 0 aromatic carbocycles. The predicted molar refractivity (Wildman–Crippen MR) is 48.6 cm³/mol. The number of aliphatic hydroxyl groups excluding tert-OH is 1. The van der Waals surface area contributed by atoms with Crippen molar-refractivity contribution in [2.24, 2.45) is 0 Å². The molecule has 1 unspecified atom stereocenters. The zero-order valence-electron chi connectivity index (χ0n) is 8.43. The van der Waals surface area contributed by atoms with Gasteiger partial charge >= 0.3 is 5.97 Å². The number of rotatable bonds is 3. The third-order valence-electron chi connectivity index (χ3n) is 2.21. The average molecular weight is 215 g/mol. The molecular formula is C9H13NO5. The summed E-state index contributed by atoms with van der Waals surface area (Å²) in [6.07, 6.45) is -0.372. The van der Waals surface area contributed by atoms with Crippen LogP contribution in [0.25, 0.3) is 0 Å². The van der Waals surface area contributed by atoms with E-state index in [0.717, 1.165) is 12.0 Å². The van der Waals surface area contributed by atoms with Crippen LogP contribution in [0.3, 0.4) is 0 Å². The van der Waals surface area contributed by atoms with E-state index in [-0.39, 0.29) is 31.2 Å². The molecule has 1 aliphatic heterocycles. The number of imide groups is 1. The summed E-state index contributed by atoms with van der Waals surface area (Å²) in [4.78, 5) is 34.4. The molecule has 6 nitrogen and oxygen atoms in total. The number of methoxy groups -OCH3 is 1. The zero-order valence-corrected chi connectivity index (χ0v) is 8.43. The Kier molecular flexibility index (Phi) is 3.79. The van der Waals surface area contributed by atoms with E-state index in [1.165, 1.54) is 0 Å². The molecule has 84 valence electrons. The lowest BCUT2D eigenvalue weighted by Crippen LogP contribution is -2.46. The van der Waals surface area contributed by atoms with Gasteiger partial charge in [-0.3, -0.25) is 14.5 Å². The van der Waals surface area contributed by atoms with Crippen molar-refractivity contribution in [2.45, 2.75) is 25.4 Å². The van der Waals surface area contributed by atoms with Gasteiger partial charge in [0.1, 0.15) is 0 Å². The number of nitrogens with zero attached hydrogens (tertiary/aromatic N) is 1. The van der Waals surface area contributed by atoms with Crippen LogP contribution in [-0.2, 0) is 19.1 Å². The van der Waals surface area contributed by atoms with Crippen molar-refractivity contribution in [2.75, 3.05) is 13.7 Å². The molecule has 0 saturated carbocycles. The van der Waals surface area contributed by atoms with Crippen LogP contribution in [0.4, 0.5) is 0 Å². The minimum Gasteiger partial charge on any atom is -0.467 e. The summed E-state index contributed by atoms with van der Waals surface area (Å²) in [5, 5.41) is 9.28. The molecule has 15 heavy (non-hydrogen) atoms. The van der Waals surface area contributed by atoms with Gasteiger partial charge in [0.05, 0.1) is 13.7 Å². The molecule has 1 atom stereocenters. The van der Waals surface area contributed by atoms with Gasteiger partial charge in [-0.05, 0) is 6.42 Å². The van der Waals surface area contributed by atoms with Crippen LogP contribution in [0.5, 0.6) is 0 Å². The Morgan fingerprint density at radius 3 is 2.47 bits per heavy atom. The summed E-state index contributed by atoms with van der Waals surface area (Å²) in [7, 11) is 1.13. The summed E-state index contributed by atoms with van der Waals surface area (Å²) in [6, 6.07) is 0. The molecule has 1 aliphatic rings. The fourth-order valence-electron chi connectivity index (χ4n) is 1.39. The molecule has 1 heterocycles. The van der Waals surface area contributed by atoms with Gasteiger partial charge in [-0.1, -0.05) is 0 Å². The molecule has 0 radical (unpaired) electrons. The third kappa shape index (κ3) is 2.76. The van der Waals surface area contributed by atoms with Gasteiger partial charge in [0.15, 0.2) is 6.10 Å². The largest absolute Gasteiger partial charge is 0.467 e. The van der Waals surface area contributed by atoms with E-state index in [1.807, 2.05) is 0 Å². The normalized spacial score (nSPS) is 18.9. The lowest BCUT2D eigenvalue weighted by Gasteiger charge is -2.25. The summed E-state index contributed by atoms with van der Waals surface area (Å²) in [6.45, 7) is -0.315. The van der Waals surface area contributed by atoms with Gasteiger partial charge in [-0.15, -0.1) is 0 Å². The van der Waals surface area contributed by atoms with E-state index in [0.29, 0.717) is 6.42 Å². The Balaban J connectivity index is 2.58. The lowest BCUT2D eigenvalue weighted by molar-refractivity contribution is -0.156. The highest BCUT2D eigenvalue weighted by molar-refractivity contribution is 5.98. The van der Waals surface area contributed by atoms with E-state index >= 15 is 0 Å². The van der Waals surface area contributed by atoms with Crippen LogP contribution >= 0.6 is 0 Å². The summed E-state index contributed by atoms with van der Waals surface area (Å²) >= 11 is 0. The number of amides is 2. The summed E-state index contributed by atoms with van der Waals surface area (Å²) in [5.74, 6) is -1.55. The van der Waals surface area contributed by atoms with Gasteiger partial charge in [-0.25, -0.2) is 4.79 Å². The van der Waals surface area contributed by atoms with Gasteiger partial charge < -0.3 is 9.84 Å². The van der Waals surface area contributed by atoms with Crippen LogP contribution in [0.15, 0.2) is 0 Å². The van der Waals surface area contributed by atoms with Gasteiger partial charge in [0.2, 0.25) is 11.8 Å².